The standard InChI is InChI=1S/C11H17NOS.ClH/c1-9(11-5-3-7-14-11)13-8-10-4-2-6-12-10;/h3,5,7,9-10,12H,2,4,6,8H2,1H3;1H. The van der Waals surface area contributed by atoms with E-state index in [2.05, 4.69) is 29.8 Å². The van der Waals surface area contributed by atoms with Crippen LogP contribution in [0, 0.1) is 0 Å². The van der Waals surface area contributed by atoms with Crippen molar-refractivity contribution in [1.29, 1.82) is 0 Å². The first-order valence-corrected chi connectivity index (χ1v) is 6.12. The van der Waals surface area contributed by atoms with Gasteiger partial charge >= 0.3 is 0 Å². The molecular weight excluding hydrogens is 230 g/mol. The van der Waals surface area contributed by atoms with Gasteiger partial charge in [-0.15, -0.1) is 23.7 Å². The maximum atomic E-state index is 5.82. The van der Waals surface area contributed by atoms with E-state index in [9.17, 15) is 0 Å². The van der Waals surface area contributed by atoms with E-state index < -0.39 is 0 Å². The van der Waals surface area contributed by atoms with Gasteiger partial charge in [-0.25, -0.2) is 0 Å². The Balaban J connectivity index is 0.00000112. The van der Waals surface area contributed by atoms with Crippen LogP contribution in [0.2, 0.25) is 0 Å². The molecule has 15 heavy (non-hydrogen) atoms. The van der Waals surface area contributed by atoms with E-state index in [4.69, 9.17) is 4.74 Å². The number of halogens is 1. The zero-order valence-electron chi connectivity index (χ0n) is 8.94. The lowest BCUT2D eigenvalue weighted by Gasteiger charge is -2.15. The van der Waals surface area contributed by atoms with Gasteiger partial charge in [-0.1, -0.05) is 6.07 Å². The average Bonchev–Trinajstić information content (AvgIpc) is 2.87. The van der Waals surface area contributed by atoms with Crippen LogP contribution in [0.25, 0.3) is 0 Å². The van der Waals surface area contributed by atoms with Crippen LogP contribution in [0.3, 0.4) is 0 Å². The molecule has 86 valence electrons. The summed E-state index contributed by atoms with van der Waals surface area (Å²) in [5, 5.41) is 5.54. The Labute approximate surface area is 101 Å². The molecule has 0 radical (unpaired) electrons. The van der Waals surface area contributed by atoms with E-state index >= 15 is 0 Å². The van der Waals surface area contributed by atoms with Gasteiger partial charge in [0.05, 0.1) is 12.7 Å². The van der Waals surface area contributed by atoms with Gasteiger partial charge in [0, 0.05) is 10.9 Å². The Bertz CT molecular complexity index is 260. The Morgan fingerprint density at radius 2 is 2.53 bits per heavy atom. The van der Waals surface area contributed by atoms with Crippen LogP contribution in [0.5, 0.6) is 0 Å². The molecule has 0 spiro atoms. The molecule has 2 rings (SSSR count). The van der Waals surface area contributed by atoms with Gasteiger partial charge in [0.1, 0.15) is 0 Å². The number of nitrogens with one attached hydrogen (secondary N) is 1. The van der Waals surface area contributed by atoms with E-state index in [0.717, 1.165) is 13.2 Å². The van der Waals surface area contributed by atoms with Crippen LogP contribution in [0.4, 0.5) is 0 Å². The first-order valence-electron chi connectivity index (χ1n) is 5.24. The van der Waals surface area contributed by atoms with Crippen molar-refractivity contribution in [2.45, 2.75) is 31.9 Å². The van der Waals surface area contributed by atoms with Crippen molar-refractivity contribution in [3.8, 4) is 0 Å². The number of hydrogen-bond donors (Lipinski definition) is 1. The van der Waals surface area contributed by atoms with Crippen molar-refractivity contribution in [1.82, 2.24) is 5.32 Å². The van der Waals surface area contributed by atoms with Gasteiger partial charge in [-0.05, 0) is 37.8 Å². The quantitative estimate of drug-likeness (QED) is 0.883. The van der Waals surface area contributed by atoms with Crippen LogP contribution in [-0.2, 0) is 4.74 Å². The van der Waals surface area contributed by atoms with Crippen LogP contribution in [0.15, 0.2) is 17.5 Å². The van der Waals surface area contributed by atoms with Crippen molar-refractivity contribution < 1.29 is 4.74 Å². The van der Waals surface area contributed by atoms with E-state index in [1.807, 2.05) is 0 Å². The van der Waals surface area contributed by atoms with Crippen LogP contribution < -0.4 is 5.32 Å². The molecule has 1 saturated heterocycles. The molecule has 1 aromatic rings. The summed E-state index contributed by atoms with van der Waals surface area (Å²) < 4.78 is 5.82. The summed E-state index contributed by atoms with van der Waals surface area (Å²) >= 11 is 1.77. The lowest BCUT2D eigenvalue weighted by molar-refractivity contribution is 0.0547. The summed E-state index contributed by atoms with van der Waals surface area (Å²) in [4.78, 5) is 1.32. The number of hydrogen-bond acceptors (Lipinski definition) is 3. The summed E-state index contributed by atoms with van der Waals surface area (Å²) in [6, 6.07) is 4.79. The van der Waals surface area contributed by atoms with Crippen LogP contribution in [0.1, 0.15) is 30.7 Å². The maximum absolute atomic E-state index is 5.82. The first-order chi connectivity index (χ1) is 6.86. The monoisotopic (exact) mass is 247 g/mol. The minimum absolute atomic E-state index is 0. The van der Waals surface area contributed by atoms with E-state index in [-0.39, 0.29) is 18.5 Å². The average molecular weight is 248 g/mol. The Morgan fingerprint density at radius 1 is 1.67 bits per heavy atom. The van der Waals surface area contributed by atoms with Crippen molar-refractivity contribution >= 4 is 23.7 Å². The predicted molar refractivity (Wildman–Crippen MR) is 67.0 cm³/mol. The van der Waals surface area contributed by atoms with Gasteiger partial charge in [0.25, 0.3) is 0 Å². The zero-order valence-corrected chi connectivity index (χ0v) is 10.6. The first kappa shape index (κ1) is 13.0. The highest BCUT2D eigenvalue weighted by Crippen LogP contribution is 2.22. The van der Waals surface area contributed by atoms with Gasteiger partial charge in [0.2, 0.25) is 0 Å². The molecule has 2 atom stereocenters. The molecule has 1 aromatic heterocycles. The fourth-order valence-electron chi connectivity index (χ4n) is 1.76. The van der Waals surface area contributed by atoms with Crippen LogP contribution in [-0.4, -0.2) is 19.2 Å². The highest BCUT2D eigenvalue weighted by atomic mass is 35.5. The third kappa shape index (κ3) is 3.76. The summed E-state index contributed by atoms with van der Waals surface area (Å²) in [7, 11) is 0. The zero-order chi connectivity index (χ0) is 9.80. The molecular formula is C11H18ClNOS. The molecule has 0 amide bonds. The molecule has 0 bridgehead atoms. The highest BCUT2D eigenvalue weighted by Gasteiger charge is 2.15. The number of rotatable bonds is 4. The molecule has 4 heteroatoms. The third-order valence-electron chi connectivity index (χ3n) is 2.65. The molecule has 2 nitrogen and oxygen atoms in total. The number of thiophene rings is 1. The van der Waals surface area contributed by atoms with E-state index in [0.29, 0.717) is 6.04 Å². The van der Waals surface area contributed by atoms with Gasteiger partial charge in [-0.3, -0.25) is 0 Å². The van der Waals surface area contributed by atoms with Gasteiger partial charge in [0.15, 0.2) is 0 Å². The Kier molecular flexibility index (Phi) is 5.61. The fourth-order valence-corrected chi connectivity index (χ4v) is 2.50. The largest absolute Gasteiger partial charge is 0.371 e. The number of ether oxygens (including phenoxy) is 1. The Hall–Kier alpha value is -0.0900. The van der Waals surface area contributed by atoms with Crippen molar-refractivity contribution in [3.63, 3.8) is 0 Å². The predicted octanol–water partition coefficient (Wildman–Crippen LogP) is 3.00. The second kappa shape index (κ2) is 6.48. The maximum Gasteiger partial charge on any atom is 0.0889 e. The van der Waals surface area contributed by atoms with E-state index in [1.165, 1.54) is 17.7 Å². The van der Waals surface area contributed by atoms with Gasteiger partial charge in [-0.2, -0.15) is 0 Å². The minimum Gasteiger partial charge on any atom is -0.371 e. The normalized spacial score (nSPS) is 22.3. The summed E-state index contributed by atoms with van der Waals surface area (Å²) in [6.45, 7) is 4.13. The molecule has 1 aliphatic heterocycles. The lowest BCUT2D eigenvalue weighted by atomic mass is 10.2. The smallest absolute Gasteiger partial charge is 0.0889 e. The second-order valence-electron chi connectivity index (χ2n) is 3.78. The molecule has 0 aromatic carbocycles. The molecule has 2 heterocycles. The van der Waals surface area contributed by atoms with Crippen molar-refractivity contribution in [2.24, 2.45) is 0 Å². The molecule has 1 aliphatic rings. The third-order valence-corrected chi connectivity index (χ3v) is 3.69. The van der Waals surface area contributed by atoms with Gasteiger partial charge < -0.3 is 10.1 Å². The minimum atomic E-state index is 0. The summed E-state index contributed by atoms with van der Waals surface area (Å²) in [5.41, 5.74) is 0. The van der Waals surface area contributed by atoms with Crippen molar-refractivity contribution in [2.75, 3.05) is 13.2 Å². The summed E-state index contributed by atoms with van der Waals surface area (Å²) in [5.74, 6) is 0. The molecule has 0 saturated carbocycles. The topological polar surface area (TPSA) is 21.3 Å². The lowest BCUT2D eigenvalue weighted by Crippen LogP contribution is -2.27. The molecule has 0 aliphatic carbocycles. The van der Waals surface area contributed by atoms with Crippen LogP contribution >= 0.6 is 23.7 Å². The highest BCUT2D eigenvalue weighted by molar-refractivity contribution is 7.10. The Morgan fingerprint density at radius 3 is 3.13 bits per heavy atom. The molecule has 1 fully saturated rings. The molecule has 1 N–H and O–H groups in total. The van der Waals surface area contributed by atoms with Crippen molar-refractivity contribution in [3.05, 3.63) is 22.4 Å². The van der Waals surface area contributed by atoms with E-state index in [1.54, 1.807) is 11.3 Å². The molecule has 2 unspecified atom stereocenters. The summed E-state index contributed by atoms with van der Waals surface area (Å²) in [6.07, 6.45) is 2.80. The second-order valence-corrected chi connectivity index (χ2v) is 4.76. The fraction of sp³-hybridized carbons (Fsp3) is 0.636. The SMILES string of the molecule is CC(OCC1CCCN1)c1cccs1.Cl.